The van der Waals surface area contributed by atoms with Gasteiger partial charge in [-0.1, -0.05) is 0 Å². The van der Waals surface area contributed by atoms with E-state index in [2.05, 4.69) is 10.2 Å². The van der Waals surface area contributed by atoms with Crippen LogP contribution in [-0.4, -0.2) is 38.9 Å². The SMILES string of the molecule is O=C(O)c1ccc2nnc(C3CCOCC3)n2c1. The van der Waals surface area contributed by atoms with E-state index in [1.807, 2.05) is 0 Å². The summed E-state index contributed by atoms with van der Waals surface area (Å²) < 4.78 is 7.10. The Bertz CT molecular complexity index is 587. The summed E-state index contributed by atoms with van der Waals surface area (Å²) in [4.78, 5) is 11.0. The van der Waals surface area contributed by atoms with E-state index in [-0.39, 0.29) is 11.5 Å². The fourth-order valence-electron chi connectivity index (χ4n) is 2.27. The fourth-order valence-corrected chi connectivity index (χ4v) is 2.27. The molecule has 2 aromatic heterocycles. The first kappa shape index (κ1) is 11.2. The largest absolute Gasteiger partial charge is 0.478 e. The maximum atomic E-state index is 11.0. The molecule has 1 aliphatic rings. The van der Waals surface area contributed by atoms with Gasteiger partial charge >= 0.3 is 5.97 Å². The highest BCUT2D eigenvalue weighted by Gasteiger charge is 2.21. The Morgan fingerprint density at radius 2 is 2.11 bits per heavy atom. The number of aromatic nitrogens is 3. The van der Waals surface area contributed by atoms with E-state index in [4.69, 9.17) is 9.84 Å². The molecule has 0 amide bonds. The molecule has 0 atom stereocenters. The van der Waals surface area contributed by atoms with E-state index in [1.54, 1.807) is 22.7 Å². The highest BCUT2D eigenvalue weighted by molar-refractivity contribution is 5.87. The summed E-state index contributed by atoms with van der Waals surface area (Å²) in [6.45, 7) is 1.44. The van der Waals surface area contributed by atoms with E-state index in [1.165, 1.54) is 0 Å². The molecule has 2 aromatic rings. The van der Waals surface area contributed by atoms with E-state index >= 15 is 0 Å². The molecule has 3 rings (SSSR count). The number of nitrogens with zero attached hydrogens (tertiary/aromatic N) is 3. The topological polar surface area (TPSA) is 76.7 Å². The lowest BCUT2D eigenvalue weighted by atomic mass is 9.99. The van der Waals surface area contributed by atoms with Gasteiger partial charge in [0.2, 0.25) is 0 Å². The Labute approximate surface area is 103 Å². The van der Waals surface area contributed by atoms with Crippen LogP contribution in [0.15, 0.2) is 18.3 Å². The second-order valence-electron chi connectivity index (χ2n) is 4.40. The summed E-state index contributed by atoms with van der Waals surface area (Å²) in [7, 11) is 0. The van der Waals surface area contributed by atoms with Gasteiger partial charge in [-0.25, -0.2) is 4.79 Å². The van der Waals surface area contributed by atoms with Gasteiger partial charge in [0, 0.05) is 25.3 Å². The minimum Gasteiger partial charge on any atom is -0.478 e. The first-order chi connectivity index (χ1) is 8.75. The number of pyridine rings is 1. The number of carbonyl (C=O) groups is 1. The lowest BCUT2D eigenvalue weighted by Gasteiger charge is -2.20. The molecule has 1 saturated heterocycles. The van der Waals surface area contributed by atoms with Crippen LogP contribution >= 0.6 is 0 Å². The third-order valence-electron chi connectivity index (χ3n) is 3.26. The van der Waals surface area contributed by atoms with Gasteiger partial charge in [0.05, 0.1) is 5.56 Å². The molecule has 18 heavy (non-hydrogen) atoms. The van der Waals surface area contributed by atoms with Gasteiger partial charge in [-0.15, -0.1) is 10.2 Å². The monoisotopic (exact) mass is 247 g/mol. The lowest BCUT2D eigenvalue weighted by molar-refractivity contribution is 0.0696. The van der Waals surface area contributed by atoms with Gasteiger partial charge in [-0.05, 0) is 25.0 Å². The minimum atomic E-state index is -0.941. The number of aromatic carboxylic acids is 1. The van der Waals surface area contributed by atoms with Crippen LogP contribution in [0.3, 0.4) is 0 Å². The maximum Gasteiger partial charge on any atom is 0.337 e. The zero-order valence-corrected chi connectivity index (χ0v) is 9.74. The molecule has 0 unspecified atom stereocenters. The highest BCUT2D eigenvalue weighted by Crippen LogP contribution is 2.25. The molecule has 0 saturated carbocycles. The van der Waals surface area contributed by atoms with Crippen LogP contribution in [0.5, 0.6) is 0 Å². The van der Waals surface area contributed by atoms with Crippen molar-refractivity contribution < 1.29 is 14.6 Å². The number of hydrogen-bond donors (Lipinski definition) is 1. The van der Waals surface area contributed by atoms with Crippen LogP contribution in [-0.2, 0) is 4.74 Å². The van der Waals surface area contributed by atoms with Crippen molar-refractivity contribution in [3.05, 3.63) is 29.7 Å². The first-order valence-corrected chi connectivity index (χ1v) is 5.91. The highest BCUT2D eigenvalue weighted by atomic mass is 16.5. The number of rotatable bonds is 2. The Kier molecular flexibility index (Phi) is 2.71. The second-order valence-corrected chi connectivity index (χ2v) is 4.40. The van der Waals surface area contributed by atoms with E-state index in [0.717, 1.165) is 31.9 Å². The van der Waals surface area contributed by atoms with Crippen molar-refractivity contribution in [2.75, 3.05) is 13.2 Å². The predicted molar refractivity (Wildman–Crippen MR) is 62.7 cm³/mol. The van der Waals surface area contributed by atoms with Crippen LogP contribution in [0, 0.1) is 0 Å². The molecule has 0 radical (unpaired) electrons. The summed E-state index contributed by atoms with van der Waals surface area (Å²) in [5.41, 5.74) is 0.928. The van der Waals surface area contributed by atoms with E-state index in [9.17, 15) is 4.79 Å². The zero-order chi connectivity index (χ0) is 12.5. The third-order valence-corrected chi connectivity index (χ3v) is 3.26. The number of carboxylic acid groups (broad SMARTS) is 1. The average molecular weight is 247 g/mol. The van der Waals surface area contributed by atoms with Crippen LogP contribution in [0.2, 0.25) is 0 Å². The number of carboxylic acids is 1. The summed E-state index contributed by atoms with van der Waals surface area (Å²) in [5, 5.41) is 17.3. The standard InChI is InChI=1S/C12H13N3O3/c16-12(17)9-1-2-10-13-14-11(15(10)7-9)8-3-5-18-6-4-8/h1-2,7-8H,3-6H2,(H,16,17). The molecule has 6 heteroatoms. The fraction of sp³-hybridized carbons (Fsp3) is 0.417. The molecule has 3 heterocycles. The number of fused-ring (bicyclic) bond motifs is 1. The number of ether oxygens (including phenoxy) is 1. The van der Waals surface area contributed by atoms with Gasteiger partial charge in [0.15, 0.2) is 5.65 Å². The average Bonchev–Trinajstić information content (AvgIpc) is 2.82. The third kappa shape index (κ3) is 1.84. The summed E-state index contributed by atoms with van der Waals surface area (Å²) in [6.07, 6.45) is 3.39. The molecule has 6 nitrogen and oxygen atoms in total. The van der Waals surface area contributed by atoms with E-state index in [0.29, 0.717) is 5.65 Å². The van der Waals surface area contributed by atoms with Gasteiger partial charge < -0.3 is 9.84 Å². The molecular weight excluding hydrogens is 234 g/mol. The van der Waals surface area contributed by atoms with Crippen molar-refractivity contribution in [1.82, 2.24) is 14.6 Å². The van der Waals surface area contributed by atoms with Crippen molar-refractivity contribution in [2.45, 2.75) is 18.8 Å². The van der Waals surface area contributed by atoms with Crippen LogP contribution in [0.25, 0.3) is 5.65 Å². The van der Waals surface area contributed by atoms with Crippen LogP contribution in [0.4, 0.5) is 0 Å². The summed E-state index contributed by atoms with van der Waals surface area (Å²) in [6, 6.07) is 3.22. The van der Waals surface area contributed by atoms with Crippen molar-refractivity contribution in [1.29, 1.82) is 0 Å². The molecule has 1 aliphatic heterocycles. The summed E-state index contributed by atoms with van der Waals surface area (Å²) in [5.74, 6) is 0.178. The van der Waals surface area contributed by atoms with Gasteiger partial charge in [-0.2, -0.15) is 0 Å². The predicted octanol–water partition coefficient (Wildman–Crippen LogP) is 1.32. The molecule has 0 aliphatic carbocycles. The minimum absolute atomic E-state index is 0.246. The molecular formula is C12H13N3O3. The van der Waals surface area contributed by atoms with Crippen molar-refractivity contribution in [2.24, 2.45) is 0 Å². The maximum absolute atomic E-state index is 11.0. The molecule has 0 spiro atoms. The molecule has 1 N–H and O–H groups in total. The Hall–Kier alpha value is -1.95. The first-order valence-electron chi connectivity index (χ1n) is 5.91. The lowest BCUT2D eigenvalue weighted by Crippen LogP contribution is -2.16. The van der Waals surface area contributed by atoms with Crippen LogP contribution < -0.4 is 0 Å². The van der Waals surface area contributed by atoms with Crippen molar-refractivity contribution >= 4 is 11.6 Å². The molecule has 94 valence electrons. The van der Waals surface area contributed by atoms with E-state index < -0.39 is 5.97 Å². The molecule has 1 fully saturated rings. The molecule has 0 aromatic carbocycles. The summed E-state index contributed by atoms with van der Waals surface area (Å²) >= 11 is 0. The van der Waals surface area contributed by atoms with Crippen molar-refractivity contribution in [3.8, 4) is 0 Å². The van der Waals surface area contributed by atoms with Gasteiger partial charge in [0.25, 0.3) is 0 Å². The van der Waals surface area contributed by atoms with Crippen molar-refractivity contribution in [3.63, 3.8) is 0 Å². The smallest absolute Gasteiger partial charge is 0.337 e. The quantitative estimate of drug-likeness (QED) is 0.866. The number of hydrogen-bond acceptors (Lipinski definition) is 4. The Balaban J connectivity index is 2.05. The Morgan fingerprint density at radius 3 is 2.83 bits per heavy atom. The normalized spacial score (nSPS) is 17.1. The second kappa shape index (κ2) is 4.38. The van der Waals surface area contributed by atoms with Gasteiger partial charge in [0.1, 0.15) is 5.82 Å². The zero-order valence-electron chi connectivity index (χ0n) is 9.74. The van der Waals surface area contributed by atoms with Gasteiger partial charge in [-0.3, -0.25) is 4.40 Å². The molecule has 0 bridgehead atoms. The Morgan fingerprint density at radius 1 is 1.33 bits per heavy atom. The van der Waals surface area contributed by atoms with Crippen LogP contribution in [0.1, 0.15) is 34.9 Å².